The molecule has 0 atom stereocenters. The van der Waals surface area contributed by atoms with Gasteiger partial charge in [-0.2, -0.15) is 13.2 Å². The molecule has 0 saturated carbocycles. The first-order chi connectivity index (χ1) is 22.2. The number of anilines is 2. The van der Waals surface area contributed by atoms with Crippen LogP contribution in [-0.2, 0) is 17.6 Å². The van der Waals surface area contributed by atoms with Gasteiger partial charge >= 0.3 is 6.18 Å². The lowest BCUT2D eigenvalue weighted by Crippen LogP contribution is -2.53. The number of quaternary nitrogens is 1. The number of hydrogen-bond acceptors (Lipinski definition) is 9. The van der Waals surface area contributed by atoms with Gasteiger partial charge < -0.3 is 40.6 Å². The zero-order valence-electron chi connectivity index (χ0n) is 26.7. The summed E-state index contributed by atoms with van der Waals surface area (Å²) in [6, 6.07) is 16.5. The quantitative estimate of drug-likeness (QED) is 0.190. The summed E-state index contributed by atoms with van der Waals surface area (Å²) < 4.78 is 43.0. The Kier molecular flexibility index (Phi) is 15.5. The second kappa shape index (κ2) is 18.7. The van der Waals surface area contributed by atoms with Gasteiger partial charge in [0.2, 0.25) is 0 Å². The minimum Gasteiger partial charge on any atom is -0.542 e. The van der Waals surface area contributed by atoms with E-state index in [2.05, 4.69) is 46.5 Å². The van der Waals surface area contributed by atoms with Crippen LogP contribution in [-0.4, -0.2) is 79.4 Å². The smallest absolute Gasteiger partial charge is 0.430 e. The van der Waals surface area contributed by atoms with Crippen LogP contribution < -0.4 is 31.4 Å². The second-order valence-corrected chi connectivity index (χ2v) is 11.2. The number of rotatable bonds is 16. The van der Waals surface area contributed by atoms with Gasteiger partial charge in [-0.15, -0.1) is 0 Å². The third kappa shape index (κ3) is 13.1. The normalized spacial score (nSPS) is 11.3. The first-order valence-corrected chi connectivity index (χ1v) is 15.4. The van der Waals surface area contributed by atoms with Gasteiger partial charge in [0, 0.05) is 12.8 Å². The zero-order valence-corrected chi connectivity index (χ0v) is 27.5. The number of alkyl halides is 3. The molecule has 0 saturated heterocycles. The van der Waals surface area contributed by atoms with E-state index >= 15 is 0 Å². The van der Waals surface area contributed by atoms with E-state index < -0.39 is 18.1 Å². The van der Waals surface area contributed by atoms with E-state index in [1.165, 1.54) is 11.1 Å². The Morgan fingerprint density at radius 1 is 0.851 bits per heavy atom. The van der Waals surface area contributed by atoms with Crippen molar-refractivity contribution in [3.63, 3.8) is 0 Å². The van der Waals surface area contributed by atoms with Gasteiger partial charge in [0.05, 0.1) is 46.9 Å². The molecule has 258 valence electrons. The highest BCUT2D eigenvalue weighted by Crippen LogP contribution is 2.20. The SMILES string of the molecule is CCC[N+](CCCc1ccc(OC)cc1)(CCCc1ccc(OC)cc1)CCNC(=O)c1nc(Cl)c(N)nc1N.O=C([O-])C(F)(F)F. The first-order valence-electron chi connectivity index (χ1n) is 15.0. The first kappa shape index (κ1) is 38.9. The zero-order chi connectivity index (χ0) is 35.0. The van der Waals surface area contributed by atoms with Crippen LogP contribution in [0.15, 0.2) is 48.5 Å². The molecule has 0 fully saturated rings. The molecule has 5 N–H and O–H groups in total. The van der Waals surface area contributed by atoms with Crippen LogP contribution in [0, 0.1) is 0 Å². The number of aliphatic carboxylic acids is 1. The molecular weight excluding hydrogens is 641 g/mol. The molecule has 2 aromatic carbocycles. The summed E-state index contributed by atoms with van der Waals surface area (Å²) in [5, 5.41) is 11.7. The number of amides is 1. The number of carboxylic acid groups (broad SMARTS) is 1. The molecule has 1 amide bonds. The molecule has 1 heterocycles. The number of nitrogens with two attached hydrogens (primary N) is 2. The Hall–Kier alpha value is -4.30. The van der Waals surface area contributed by atoms with Crippen LogP contribution in [0.25, 0.3) is 0 Å². The van der Waals surface area contributed by atoms with Crippen molar-refractivity contribution in [3.05, 3.63) is 70.5 Å². The van der Waals surface area contributed by atoms with Gasteiger partial charge in [-0.25, -0.2) is 9.97 Å². The minimum atomic E-state index is -5.19. The molecule has 0 unspecified atom stereocenters. The molecule has 3 rings (SSSR count). The van der Waals surface area contributed by atoms with Crippen LogP contribution in [0.1, 0.15) is 47.8 Å². The number of carboxylic acids is 1. The van der Waals surface area contributed by atoms with Gasteiger partial charge in [-0.3, -0.25) is 4.79 Å². The van der Waals surface area contributed by atoms with Gasteiger partial charge in [-0.05, 0) is 54.7 Å². The topological polar surface area (TPSA) is 166 Å². The molecule has 3 aromatic rings. The summed E-state index contributed by atoms with van der Waals surface area (Å²) >= 11 is 5.98. The van der Waals surface area contributed by atoms with Crippen LogP contribution in [0.2, 0.25) is 5.15 Å². The van der Waals surface area contributed by atoms with E-state index in [0.29, 0.717) is 6.54 Å². The number of carbonyl (C=O) groups is 2. The van der Waals surface area contributed by atoms with Gasteiger partial charge in [0.15, 0.2) is 22.5 Å². The van der Waals surface area contributed by atoms with Crippen LogP contribution >= 0.6 is 11.6 Å². The van der Waals surface area contributed by atoms with Crippen molar-refractivity contribution in [2.24, 2.45) is 0 Å². The Morgan fingerprint density at radius 3 is 1.72 bits per heavy atom. The number of carbonyl (C=O) groups excluding carboxylic acids is 2. The molecule has 1 aromatic heterocycles. The number of aromatic nitrogens is 2. The summed E-state index contributed by atoms with van der Waals surface area (Å²) in [7, 11) is 3.36. The van der Waals surface area contributed by atoms with Gasteiger partial charge in [0.25, 0.3) is 5.91 Å². The fourth-order valence-electron chi connectivity index (χ4n) is 5.07. The minimum absolute atomic E-state index is 0.00284. The van der Waals surface area contributed by atoms with E-state index in [-0.39, 0.29) is 22.5 Å². The number of nitrogens with zero attached hydrogens (tertiary/aromatic N) is 3. The number of methoxy groups -OCH3 is 2. The van der Waals surface area contributed by atoms with E-state index in [9.17, 15) is 18.0 Å². The standard InChI is InChI=1S/C30H41ClN6O3.C2HF3O2/c1-4-18-37(19-5-7-22-9-13-24(39-2)14-10-22,20-6-8-23-11-15-25(40-3)16-12-23)21-17-34-30(38)26-28(32)36-29(33)27(31)35-26;3-2(4,5)1(6)7/h9-16H,4-8,17-21H2,1-3H3,(H4-,32,33,34,36,38);(H,6,7). The number of ether oxygens (including phenoxy) is 2. The number of benzene rings is 2. The van der Waals surface area contributed by atoms with Gasteiger partial charge in [-0.1, -0.05) is 42.8 Å². The Bertz CT molecular complexity index is 1370. The number of nitrogen functional groups attached to an aromatic ring is 2. The molecule has 0 aliphatic heterocycles. The molecule has 47 heavy (non-hydrogen) atoms. The summed E-state index contributed by atoms with van der Waals surface area (Å²) in [4.78, 5) is 29.6. The van der Waals surface area contributed by atoms with Crippen molar-refractivity contribution in [2.45, 2.75) is 45.2 Å². The highest BCUT2D eigenvalue weighted by atomic mass is 35.5. The van der Waals surface area contributed by atoms with Crippen molar-refractivity contribution in [2.75, 3.05) is 58.4 Å². The van der Waals surface area contributed by atoms with Gasteiger partial charge in [0.1, 0.15) is 17.5 Å². The highest BCUT2D eigenvalue weighted by molar-refractivity contribution is 6.31. The van der Waals surface area contributed by atoms with E-state index in [1.54, 1.807) is 14.2 Å². The molecule has 0 aliphatic carbocycles. The molecule has 0 spiro atoms. The van der Waals surface area contributed by atoms with Crippen molar-refractivity contribution < 1.29 is 41.8 Å². The third-order valence-corrected chi connectivity index (χ3v) is 7.71. The average molecular weight is 683 g/mol. The van der Waals surface area contributed by atoms with Crippen LogP contribution in [0.5, 0.6) is 11.5 Å². The summed E-state index contributed by atoms with van der Waals surface area (Å²) in [5.74, 6) is -1.72. The summed E-state index contributed by atoms with van der Waals surface area (Å²) in [6.07, 6.45) is -0.113. The van der Waals surface area contributed by atoms with Crippen molar-refractivity contribution in [1.82, 2.24) is 15.3 Å². The van der Waals surface area contributed by atoms with E-state index in [4.69, 9.17) is 42.4 Å². The molecule has 0 bridgehead atoms. The largest absolute Gasteiger partial charge is 0.542 e. The third-order valence-electron chi connectivity index (χ3n) is 7.43. The maximum Gasteiger partial charge on any atom is 0.430 e. The molecule has 0 aliphatic rings. The lowest BCUT2D eigenvalue weighted by Gasteiger charge is -2.39. The predicted molar refractivity (Wildman–Crippen MR) is 172 cm³/mol. The number of halogens is 4. The predicted octanol–water partition coefficient (Wildman–Crippen LogP) is 3.83. The van der Waals surface area contributed by atoms with Crippen molar-refractivity contribution >= 4 is 35.1 Å². The second-order valence-electron chi connectivity index (χ2n) is 10.8. The number of nitrogens with one attached hydrogen (secondary N) is 1. The number of aryl methyl sites for hydroxylation is 2. The Balaban J connectivity index is 0.000000984. The summed E-state index contributed by atoms with van der Waals surface area (Å²) in [6.45, 7) is 6.53. The van der Waals surface area contributed by atoms with Crippen LogP contribution in [0.4, 0.5) is 24.8 Å². The highest BCUT2D eigenvalue weighted by Gasteiger charge is 2.29. The lowest BCUT2D eigenvalue weighted by molar-refractivity contribution is -0.927. The average Bonchev–Trinajstić information content (AvgIpc) is 3.03. The lowest BCUT2D eigenvalue weighted by atomic mass is 10.1. The van der Waals surface area contributed by atoms with Crippen molar-refractivity contribution in [1.29, 1.82) is 0 Å². The van der Waals surface area contributed by atoms with E-state index in [0.717, 1.165) is 74.3 Å². The summed E-state index contributed by atoms with van der Waals surface area (Å²) in [5.41, 5.74) is 14.1. The molecule has 11 nitrogen and oxygen atoms in total. The van der Waals surface area contributed by atoms with E-state index in [1.807, 2.05) is 24.3 Å². The van der Waals surface area contributed by atoms with Crippen molar-refractivity contribution in [3.8, 4) is 11.5 Å². The number of hydrogen-bond donors (Lipinski definition) is 3. The Morgan fingerprint density at radius 2 is 1.32 bits per heavy atom. The maximum atomic E-state index is 12.9. The molecule has 0 radical (unpaired) electrons. The Labute approximate surface area is 277 Å². The molecule has 15 heteroatoms. The molecular formula is C32H42ClF3N6O5. The fraction of sp³-hybridized carbons (Fsp3) is 0.438. The maximum absolute atomic E-state index is 12.9. The fourth-order valence-corrected chi connectivity index (χ4v) is 5.19. The van der Waals surface area contributed by atoms with Crippen LogP contribution in [0.3, 0.4) is 0 Å². The monoisotopic (exact) mass is 682 g/mol.